The molecule has 4 nitrogen and oxygen atoms in total. The second-order valence-corrected chi connectivity index (χ2v) is 5.20. The zero-order valence-corrected chi connectivity index (χ0v) is 12.5. The average molecular weight is 278 g/mol. The van der Waals surface area contributed by atoms with E-state index in [1.807, 2.05) is 30.3 Å². The maximum absolute atomic E-state index is 11.8. The van der Waals surface area contributed by atoms with Crippen LogP contribution in [-0.2, 0) is 6.54 Å². The number of carbonyl (C=O) groups excluding carboxylic acids is 1. The van der Waals surface area contributed by atoms with E-state index >= 15 is 0 Å². The van der Waals surface area contributed by atoms with Crippen LogP contribution in [0.15, 0.2) is 30.3 Å². The van der Waals surface area contributed by atoms with E-state index in [-0.39, 0.29) is 18.1 Å². The number of benzene rings is 1. The third kappa shape index (κ3) is 5.21. The maximum Gasteiger partial charge on any atom is 0.315 e. The highest BCUT2D eigenvalue weighted by molar-refractivity contribution is 5.73. The number of nitrogens with one attached hydrogen (secondary N) is 2. The van der Waals surface area contributed by atoms with E-state index in [0.29, 0.717) is 13.1 Å². The summed E-state index contributed by atoms with van der Waals surface area (Å²) in [6, 6.07) is 9.67. The molecule has 0 fully saturated rings. The van der Waals surface area contributed by atoms with Gasteiger partial charge in [-0.3, -0.25) is 0 Å². The van der Waals surface area contributed by atoms with E-state index < -0.39 is 0 Å². The Morgan fingerprint density at radius 1 is 1.15 bits per heavy atom. The van der Waals surface area contributed by atoms with Gasteiger partial charge < -0.3 is 15.7 Å². The van der Waals surface area contributed by atoms with Crippen molar-refractivity contribution in [3.63, 3.8) is 0 Å². The molecule has 0 heterocycles. The molecule has 3 N–H and O–H groups in total. The van der Waals surface area contributed by atoms with E-state index in [0.717, 1.165) is 24.8 Å². The van der Waals surface area contributed by atoms with Gasteiger partial charge in [0.05, 0.1) is 0 Å². The van der Waals surface area contributed by atoms with Crippen LogP contribution in [0.1, 0.15) is 38.7 Å². The highest BCUT2D eigenvalue weighted by atomic mass is 16.3. The second kappa shape index (κ2) is 8.59. The fourth-order valence-electron chi connectivity index (χ4n) is 2.29. The maximum atomic E-state index is 11.8. The molecule has 0 aliphatic heterocycles. The predicted octanol–water partition coefficient (Wildman–Crippen LogP) is 2.67. The van der Waals surface area contributed by atoms with Crippen LogP contribution in [0.2, 0.25) is 0 Å². The number of amides is 2. The van der Waals surface area contributed by atoms with Gasteiger partial charge in [-0.25, -0.2) is 4.79 Å². The highest BCUT2D eigenvalue weighted by Gasteiger charge is 2.25. The molecule has 0 aliphatic carbocycles. The topological polar surface area (TPSA) is 61.4 Å². The van der Waals surface area contributed by atoms with Crippen molar-refractivity contribution in [1.82, 2.24) is 10.6 Å². The zero-order valence-electron chi connectivity index (χ0n) is 12.5. The Morgan fingerprint density at radius 2 is 1.80 bits per heavy atom. The summed E-state index contributed by atoms with van der Waals surface area (Å²) in [4.78, 5) is 11.8. The van der Waals surface area contributed by atoms with E-state index in [1.54, 1.807) is 0 Å². The third-order valence-corrected chi connectivity index (χ3v) is 4.06. The van der Waals surface area contributed by atoms with Crippen molar-refractivity contribution in [2.24, 2.45) is 5.41 Å². The summed E-state index contributed by atoms with van der Waals surface area (Å²) in [6.07, 6.45) is 2.62. The van der Waals surface area contributed by atoms with Crippen LogP contribution < -0.4 is 10.6 Å². The molecule has 112 valence electrons. The molecule has 0 aliphatic rings. The normalized spacial score (nSPS) is 11.2. The fraction of sp³-hybridized carbons (Fsp3) is 0.562. The van der Waals surface area contributed by atoms with Gasteiger partial charge in [0.2, 0.25) is 0 Å². The third-order valence-electron chi connectivity index (χ3n) is 4.06. The van der Waals surface area contributed by atoms with Gasteiger partial charge in [0.1, 0.15) is 0 Å². The standard InChI is InChI=1S/C16H26N2O2/c1-3-16(4-2,10-11-19)13-18-15(20)17-12-14-8-6-5-7-9-14/h5-9,19H,3-4,10-13H2,1-2H3,(H2,17,18,20). The van der Waals surface area contributed by atoms with Crippen LogP contribution in [0.25, 0.3) is 0 Å². The molecular formula is C16H26N2O2. The number of hydrogen-bond acceptors (Lipinski definition) is 2. The smallest absolute Gasteiger partial charge is 0.315 e. The Labute approximate surface area is 121 Å². The van der Waals surface area contributed by atoms with Crippen LogP contribution in [0, 0.1) is 5.41 Å². The van der Waals surface area contributed by atoms with Crippen molar-refractivity contribution >= 4 is 6.03 Å². The lowest BCUT2D eigenvalue weighted by Gasteiger charge is -2.31. The number of rotatable bonds is 8. The average Bonchev–Trinajstić information content (AvgIpc) is 2.50. The minimum Gasteiger partial charge on any atom is -0.396 e. The van der Waals surface area contributed by atoms with E-state index in [1.165, 1.54) is 0 Å². The summed E-state index contributed by atoms with van der Waals surface area (Å²) in [6.45, 7) is 5.49. The monoisotopic (exact) mass is 278 g/mol. The first-order valence-corrected chi connectivity index (χ1v) is 7.32. The molecule has 0 aromatic heterocycles. The molecule has 0 saturated heterocycles. The molecule has 0 radical (unpaired) electrons. The summed E-state index contributed by atoms with van der Waals surface area (Å²) in [5, 5.41) is 14.9. The van der Waals surface area contributed by atoms with E-state index in [4.69, 9.17) is 5.11 Å². The zero-order chi connectivity index (χ0) is 14.8. The number of urea groups is 1. The van der Waals surface area contributed by atoms with Gasteiger partial charge in [0.15, 0.2) is 0 Å². The minimum absolute atomic E-state index is 0.00115. The lowest BCUT2D eigenvalue weighted by atomic mass is 9.79. The number of hydrogen-bond donors (Lipinski definition) is 3. The van der Waals surface area contributed by atoms with Crippen molar-refractivity contribution in [3.8, 4) is 0 Å². The van der Waals surface area contributed by atoms with Crippen molar-refractivity contribution < 1.29 is 9.90 Å². The summed E-state index contributed by atoms with van der Waals surface area (Å²) in [5.41, 5.74) is 1.08. The van der Waals surface area contributed by atoms with Gasteiger partial charge >= 0.3 is 6.03 Å². The van der Waals surface area contributed by atoms with Gasteiger partial charge in [-0.05, 0) is 30.2 Å². The molecule has 1 aromatic carbocycles. The Bertz CT molecular complexity index is 389. The van der Waals surface area contributed by atoms with Crippen LogP contribution in [-0.4, -0.2) is 24.3 Å². The van der Waals surface area contributed by atoms with Crippen LogP contribution >= 0.6 is 0 Å². The summed E-state index contributed by atoms with van der Waals surface area (Å²) < 4.78 is 0. The van der Waals surface area contributed by atoms with Gasteiger partial charge in [-0.1, -0.05) is 44.2 Å². The molecule has 0 saturated carbocycles. The van der Waals surface area contributed by atoms with Crippen molar-refractivity contribution in [2.45, 2.75) is 39.7 Å². The van der Waals surface area contributed by atoms with E-state index in [9.17, 15) is 4.79 Å². The molecule has 4 heteroatoms. The van der Waals surface area contributed by atoms with Crippen molar-refractivity contribution in [3.05, 3.63) is 35.9 Å². The van der Waals surface area contributed by atoms with Gasteiger partial charge in [0, 0.05) is 19.7 Å². The Kier molecular flexibility index (Phi) is 7.09. The number of carbonyl (C=O) groups is 1. The minimum atomic E-state index is -0.155. The Hall–Kier alpha value is -1.55. The van der Waals surface area contributed by atoms with E-state index in [2.05, 4.69) is 24.5 Å². The Morgan fingerprint density at radius 3 is 2.35 bits per heavy atom. The largest absolute Gasteiger partial charge is 0.396 e. The van der Waals surface area contributed by atoms with Gasteiger partial charge in [-0.15, -0.1) is 0 Å². The second-order valence-electron chi connectivity index (χ2n) is 5.20. The van der Waals surface area contributed by atoms with Crippen molar-refractivity contribution in [1.29, 1.82) is 0 Å². The molecule has 1 rings (SSSR count). The first-order valence-electron chi connectivity index (χ1n) is 7.32. The SMILES string of the molecule is CCC(CC)(CCO)CNC(=O)NCc1ccccc1. The molecule has 0 bridgehead atoms. The molecule has 1 aromatic rings. The molecule has 2 amide bonds. The summed E-state index contributed by atoms with van der Waals surface area (Å²) >= 11 is 0. The molecule has 0 spiro atoms. The quantitative estimate of drug-likeness (QED) is 0.684. The van der Waals surface area contributed by atoms with Crippen LogP contribution in [0.5, 0.6) is 0 Å². The summed E-state index contributed by atoms with van der Waals surface area (Å²) in [5.74, 6) is 0. The first kappa shape index (κ1) is 16.5. The molecule has 0 unspecified atom stereocenters. The van der Waals surface area contributed by atoms with Gasteiger partial charge in [0.25, 0.3) is 0 Å². The molecule has 20 heavy (non-hydrogen) atoms. The lowest BCUT2D eigenvalue weighted by molar-refractivity contribution is 0.163. The van der Waals surface area contributed by atoms with Crippen molar-refractivity contribution in [2.75, 3.05) is 13.2 Å². The summed E-state index contributed by atoms with van der Waals surface area (Å²) in [7, 11) is 0. The van der Waals surface area contributed by atoms with Crippen LogP contribution in [0.4, 0.5) is 4.79 Å². The number of aliphatic hydroxyl groups is 1. The molecule has 0 atom stereocenters. The molecular weight excluding hydrogens is 252 g/mol. The predicted molar refractivity (Wildman–Crippen MR) is 81.4 cm³/mol. The van der Waals surface area contributed by atoms with Gasteiger partial charge in [-0.2, -0.15) is 0 Å². The fourth-order valence-corrected chi connectivity index (χ4v) is 2.29. The first-order chi connectivity index (χ1) is 9.65. The highest BCUT2D eigenvalue weighted by Crippen LogP contribution is 2.29. The Balaban J connectivity index is 2.38. The lowest BCUT2D eigenvalue weighted by Crippen LogP contribution is -2.42. The number of aliphatic hydroxyl groups excluding tert-OH is 1. The van der Waals surface area contributed by atoms with Crippen LogP contribution in [0.3, 0.4) is 0 Å².